The van der Waals surface area contributed by atoms with Crippen molar-refractivity contribution >= 4 is 58.8 Å². The van der Waals surface area contributed by atoms with Crippen LogP contribution in [0.5, 0.6) is 0 Å². The largest absolute Gasteiger partial charge is 0.445 e. The van der Waals surface area contributed by atoms with Crippen LogP contribution in [0.3, 0.4) is 0 Å². The lowest BCUT2D eigenvalue weighted by molar-refractivity contribution is -0.149. The highest BCUT2D eigenvalue weighted by molar-refractivity contribution is 5.97. The molecule has 512 valence electrons. The van der Waals surface area contributed by atoms with E-state index in [1.165, 1.54) is 19.1 Å². The van der Waals surface area contributed by atoms with Gasteiger partial charge in [0.05, 0.1) is 48.9 Å². The lowest BCUT2D eigenvalue weighted by atomic mass is 9.83. The molecule has 91 heavy (non-hydrogen) atoms. The van der Waals surface area contributed by atoms with Gasteiger partial charge < -0.3 is 55.7 Å². The molecule has 2 aromatic rings. The van der Waals surface area contributed by atoms with Gasteiger partial charge in [-0.2, -0.15) is 0 Å². The van der Waals surface area contributed by atoms with E-state index in [0.717, 1.165) is 31.2 Å². The molecule has 6 N–H and O–H groups in total. The molecule has 0 saturated carbocycles. The van der Waals surface area contributed by atoms with Gasteiger partial charge in [-0.3, -0.25) is 33.6 Å². The minimum atomic E-state index is -0.947. The number of urea groups is 1. The van der Waals surface area contributed by atoms with Crippen LogP contribution in [-0.4, -0.2) is 151 Å². The van der Waals surface area contributed by atoms with Crippen molar-refractivity contribution in [3.05, 3.63) is 65.7 Å². The van der Waals surface area contributed by atoms with Gasteiger partial charge >= 0.3 is 12.1 Å². The van der Waals surface area contributed by atoms with Crippen molar-refractivity contribution in [3.63, 3.8) is 0 Å². The fraction of sp³-hybridized carbons (Fsp3) is 0.704. The van der Waals surface area contributed by atoms with E-state index in [1.807, 2.05) is 99.6 Å². The van der Waals surface area contributed by atoms with Crippen molar-refractivity contribution in [1.29, 1.82) is 0 Å². The second-order valence-electron chi connectivity index (χ2n) is 27.9. The van der Waals surface area contributed by atoms with E-state index < -0.39 is 72.2 Å². The maximum absolute atomic E-state index is 14.9. The van der Waals surface area contributed by atoms with Crippen molar-refractivity contribution in [1.82, 2.24) is 25.3 Å². The highest BCUT2D eigenvalue weighted by atomic mass is 16.6. The molecule has 7 amide bonds. The summed E-state index contributed by atoms with van der Waals surface area (Å²) in [7, 11) is 6.28. The van der Waals surface area contributed by atoms with Crippen LogP contribution in [0.25, 0.3) is 0 Å². The lowest BCUT2D eigenvalue weighted by Gasteiger charge is -2.41. The molecular weight excluding hydrogens is 1160 g/mol. The number of likely N-dealkylation sites (tertiary alicyclic amines) is 1. The third-order valence-electron chi connectivity index (χ3n) is 18.4. The van der Waals surface area contributed by atoms with Gasteiger partial charge in [-0.15, -0.1) is 0 Å². The maximum atomic E-state index is 14.9. The second-order valence-corrected chi connectivity index (χ2v) is 27.9. The number of nitrogens with two attached hydrogens (primary N) is 1. The third-order valence-corrected chi connectivity index (χ3v) is 18.4. The first-order valence-electron chi connectivity index (χ1n) is 33.3. The number of methoxy groups -OCH3 is 2. The van der Waals surface area contributed by atoms with Gasteiger partial charge in [-0.05, 0) is 96.8 Å². The Labute approximate surface area is 544 Å². The van der Waals surface area contributed by atoms with Gasteiger partial charge in [-0.1, -0.05) is 152 Å². The quantitative estimate of drug-likeness (QED) is 0.0389. The van der Waals surface area contributed by atoms with Crippen LogP contribution < -0.4 is 21.7 Å². The number of carbonyl (C=O) groups is 9. The van der Waals surface area contributed by atoms with Crippen LogP contribution in [0, 0.1) is 52.8 Å². The average Bonchev–Trinajstić information content (AvgIpc) is 2.21. The molecule has 1 saturated heterocycles. The van der Waals surface area contributed by atoms with Crippen molar-refractivity contribution in [3.8, 4) is 0 Å². The number of rotatable bonds is 40. The Hall–Kier alpha value is -6.25. The summed E-state index contributed by atoms with van der Waals surface area (Å²) in [6.45, 7) is 25.9. The van der Waals surface area contributed by atoms with E-state index in [1.54, 1.807) is 48.2 Å². The van der Waals surface area contributed by atoms with E-state index in [9.17, 15) is 48.3 Å². The van der Waals surface area contributed by atoms with E-state index in [-0.39, 0.29) is 121 Å². The Morgan fingerprint density at radius 3 is 1.95 bits per heavy atom. The minimum Gasteiger partial charge on any atom is -0.445 e. The summed E-state index contributed by atoms with van der Waals surface area (Å²) in [4.78, 5) is 128. The summed E-state index contributed by atoms with van der Waals surface area (Å²) < 4.78 is 17.9. The van der Waals surface area contributed by atoms with Crippen LogP contribution in [-0.2, 0) is 54.4 Å². The Bertz CT molecular complexity index is 2630. The molecule has 20 nitrogen and oxygen atoms in total. The predicted octanol–water partition coefficient (Wildman–Crippen LogP) is 10.9. The number of aliphatic hydroxyl groups excluding tert-OH is 1. The predicted molar refractivity (Wildman–Crippen MR) is 355 cm³/mol. The number of carbonyl (C=O) groups excluding carboxylic acids is 9. The highest BCUT2D eigenvalue weighted by Crippen LogP contribution is 2.34. The SMILES string of the molecule is CC[C@H](C)[C@@H]([C@@H](CC(=O)N1CCC[C@H]1[C@H](OC)[C@@H](C)C(=O)C[C@H](C)[C@@H](O)c1ccccc1)OC)N(C)C(=O)[C@@H](CC(=O)[C@H](C(C)C)N(C)C(=O)OCc1ccc(NC(=O)[C@H](CCCNC(N)=O)CC(=O)[C@@H](NC(=O)CCCCCC(C)(C)C)C(C)C)cc1)C(C)C. The zero-order valence-corrected chi connectivity index (χ0v) is 58.1. The molecule has 0 aromatic heterocycles. The monoisotopic (exact) mass is 1270 g/mol. The fourth-order valence-corrected chi connectivity index (χ4v) is 12.7. The summed E-state index contributed by atoms with van der Waals surface area (Å²) in [6, 6.07) is 12.5. The number of primary amides is 1. The van der Waals surface area contributed by atoms with E-state index in [4.69, 9.17) is 19.9 Å². The smallest absolute Gasteiger partial charge is 0.410 e. The number of amides is 7. The number of nitrogens with one attached hydrogen (secondary N) is 3. The van der Waals surface area contributed by atoms with Gasteiger partial charge in [0.15, 0.2) is 11.6 Å². The maximum Gasteiger partial charge on any atom is 0.410 e. The molecule has 0 aliphatic carbocycles. The molecular formula is C71H115N7O13. The number of unbranched alkanes of at least 4 members (excludes halogenated alkanes) is 2. The van der Waals surface area contributed by atoms with Gasteiger partial charge in [0.25, 0.3) is 0 Å². The molecule has 1 aliphatic heterocycles. The Kier molecular flexibility index (Phi) is 33.6. The molecule has 0 unspecified atom stereocenters. The Morgan fingerprint density at radius 2 is 1.38 bits per heavy atom. The van der Waals surface area contributed by atoms with Gasteiger partial charge in [0.1, 0.15) is 12.4 Å². The molecule has 2 aromatic carbocycles. The number of nitrogens with zero attached hydrogens (tertiary/aromatic N) is 3. The highest BCUT2D eigenvalue weighted by Gasteiger charge is 2.44. The van der Waals surface area contributed by atoms with Crippen LogP contribution in [0.1, 0.15) is 197 Å². The number of likely N-dealkylation sites (N-methyl/N-ethyl adjacent to an activating group) is 2. The molecule has 12 atom stereocenters. The third kappa shape index (κ3) is 25.3. The number of hydrogen-bond donors (Lipinski definition) is 5. The molecule has 0 spiro atoms. The first-order chi connectivity index (χ1) is 42.8. The first kappa shape index (κ1) is 79.0. The van der Waals surface area contributed by atoms with Crippen LogP contribution in [0.2, 0.25) is 0 Å². The summed E-state index contributed by atoms with van der Waals surface area (Å²) in [5.41, 5.74) is 7.24. The number of ether oxygens (including phenoxy) is 3. The molecule has 1 aliphatic rings. The Morgan fingerprint density at radius 1 is 0.736 bits per heavy atom. The van der Waals surface area contributed by atoms with E-state index in [0.29, 0.717) is 49.9 Å². The van der Waals surface area contributed by atoms with E-state index >= 15 is 0 Å². The van der Waals surface area contributed by atoms with Crippen LogP contribution in [0.15, 0.2) is 54.6 Å². The zero-order chi connectivity index (χ0) is 68.4. The number of Topliss-reactive ketones (excluding diaryl/α,β-unsaturated/α-hetero) is 3. The molecule has 1 heterocycles. The van der Waals surface area contributed by atoms with Gasteiger partial charge in [0, 0.05) is 90.5 Å². The number of anilines is 1. The zero-order valence-electron chi connectivity index (χ0n) is 58.1. The van der Waals surface area contributed by atoms with Crippen LogP contribution in [0.4, 0.5) is 15.3 Å². The second kappa shape index (κ2) is 38.7. The molecule has 0 bridgehead atoms. The number of benzene rings is 2. The standard InChI is InChI=1S/C71H115N7O13/c1-18-47(8)64(59(89-16)42-61(83)78-38-26-30-55(78)66(90-17)49(10)56(79)39-48(9)65(84)51-27-21-19-22-28-51)76(14)68(86)54(44(2)3)41-58(81)63(46(6)7)77(15)70(88)91-43-50-32-34-53(35-33-50)74-67(85)52(29-25-37-73-69(72)87)40-57(80)62(45(4)5)75-60(82)31-23-20-24-36-71(11,12)13/h19,21-22,27-28,32-35,44-49,52,54-55,59,62-66,84H,18,20,23-26,29-31,36-43H2,1-17H3,(H,74,85)(H,75,82)(H3,72,73,87)/t47-,48-,49-,52+,54-,55-,59+,62-,63-,64-,65+,66+/m0/s1. The Balaban J connectivity index is 1.70. The molecule has 1 fully saturated rings. The van der Waals surface area contributed by atoms with Crippen molar-refractivity contribution < 1.29 is 62.5 Å². The average molecular weight is 1270 g/mol. The molecule has 3 rings (SSSR count). The van der Waals surface area contributed by atoms with Gasteiger partial charge in [-0.25, -0.2) is 9.59 Å². The number of hydrogen-bond acceptors (Lipinski definition) is 13. The molecule has 20 heteroatoms. The summed E-state index contributed by atoms with van der Waals surface area (Å²) >= 11 is 0. The van der Waals surface area contributed by atoms with E-state index in [2.05, 4.69) is 36.7 Å². The fourth-order valence-electron chi connectivity index (χ4n) is 12.7. The normalized spacial score (nSPS) is 17.2. The van der Waals surface area contributed by atoms with Crippen LogP contribution >= 0.6 is 0 Å². The summed E-state index contributed by atoms with van der Waals surface area (Å²) in [5, 5.41) is 19.4. The van der Waals surface area contributed by atoms with Crippen molar-refractivity contribution in [2.75, 3.05) is 46.7 Å². The first-order valence-corrected chi connectivity index (χ1v) is 33.3. The van der Waals surface area contributed by atoms with Crippen molar-refractivity contribution in [2.45, 2.75) is 229 Å². The van der Waals surface area contributed by atoms with Gasteiger partial charge in [0.2, 0.25) is 23.6 Å². The lowest BCUT2D eigenvalue weighted by Crippen LogP contribution is -2.54. The molecule has 0 radical (unpaired) electrons. The minimum absolute atomic E-state index is 0.0434. The topological polar surface area (TPSA) is 273 Å². The number of ketones is 3. The number of aliphatic hydroxyl groups is 1. The van der Waals surface area contributed by atoms with Crippen molar-refractivity contribution in [2.24, 2.45) is 58.5 Å². The summed E-state index contributed by atoms with van der Waals surface area (Å²) in [6.07, 6.45) is 3.52. The summed E-state index contributed by atoms with van der Waals surface area (Å²) in [5.74, 6) is -5.24.